The van der Waals surface area contributed by atoms with Gasteiger partial charge in [-0.25, -0.2) is 12.8 Å². The summed E-state index contributed by atoms with van der Waals surface area (Å²) >= 11 is 0. The summed E-state index contributed by atoms with van der Waals surface area (Å²) in [5, 5.41) is 17.3. The summed E-state index contributed by atoms with van der Waals surface area (Å²) in [5.41, 5.74) is 0.834. The first-order chi connectivity index (χ1) is 14.1. The predicted octanol–water partition coefficient (Wildman–Crippen LogP) is 2.87. The van der Waals surface area contributed by atoms with Crippen LogP contribution in [0.15, 0.2) is 52.4 Å². The second-order valence-corrected chi connectivity index (χ2v) is 8.61. The van der Waals surface area contributed by atoms with Gasteiger partial charge in [-0.1, -0.05) is 12.1 Å². The van der Waals surface area contributed by atoms with Crippen molar-refractivity contribution in [2.24, 2.45) is 4.99 Å². The molecule has 0 amide bonds. The lowest BCUT2D eigenvalue weighted by molar-refractivity contribution is -0.384. The number of nitro groups is 1. The first-order valence-electron chi connectivity index (χ1n) is 9.00. The summed E-state index contributed by atoms with van der Waals surface area (Å²) in [5.74, 6) is 0.302. The van der Waals surface area contributed by atoms with Gasteiger partial charge in [0.05, 0.1) is 9.82 Å². The summed E-state index contributed by atoms with van der Waals surface area (Å²) in [6, 6.07) is 9.93. The van der Waals surface area contributed by atoms with E-state index in [1.54, 1.807) is 19.2 Å². The Morgan fingerprint density at radius 2 is 1.84 bits per heavy atom. The van der Waals surface area contributed by atoms with Gasteiger partial charge >= 0.3 is 0 Å². The third kappa shape index (κ3) is 7.94. The van der Waals surface area contributed by atoms with E-state index in [1.165, 1.54) is 24.3 Å². The number of nitrogens with one attached hydrogen (secondary N) is 2. The zero-order chi connectivity index (χ0) is 22.3. The highest BCUT2D eigenvalue weighted by atomic mass is 127. The smallest absolute Gasteiger partial charge is 0.293 e. The molecule has 0 heterocycles. The minimum atomic E-state index is -3.54. The summed E-state index contributed by atoms with van der Waals surface area (Å²) in [7, 11) is -0.0750. The lowest BCUT2D eigenvalue weighted by Crippen LogP contribution is -2.40. The van der Waals surface area contributed by atoms with Crippen LogP contribution in [0.2, 0.25) is 0 Å². The number of sulfone groups is 1. The molecule has 0 aliphatic heterocycles. The van der Waals surface area contributed by atoms with E-state index in [4.69, 9.17) is 0 Å². The van der Waals surface area contributed by atoms with Crippen molar-refractivity contribution in [2.45, 2.75) is 11.4 Å². The highest BCUT2D eigenvalue weighted by Crippen LogP contribution is 2.27. The van der Waals surface area contributed by atoms with Crippen molar-refractivity contribution in [1.29, 1.82) is 0 Å². The van der Waals surface area contributed by atoms with Gasteiger partial charge in [0.25, 0.3) is 5.69 Å². The minimum absolute atomic E-state index is 0. The van der Waals surface area contributed by atoms with Gasteiger partial charge in [0, 0.05) is 46.1 Å². The monoisotopic (exact) mass is 565 g/mol. The van der Waals surface area contributed by atoms with Gasteiger partial charge in [-0.2, -0.15) is 0 Å². The van der Waals surface area contributed by atoms with Crippen molar-refractivity contribution in [1.82, 2.24) is 10.2 Å². The van der Waals surface area contributed by atoms with E-state index in [-0.39, 0.29) is 46.1 Å². The van der Waals surface area contributed by atoms with Crippen LogP contribution in [0.5, 0.6) is 0 Å². The number of nitro benzene ring substituents is 1. The Balaban J connectivity index is 0.00000480. The van der Waals surface area contributed by atoms with Crippen LogP contribution >= 0.6 is 24.0 Å². The maximum absolute atomic E-state index is 13.0. The minimum Gasteiger partial charge on any atom is -0.378 e. The van der Waals surface area contributed by atoms with Crippen LogP contribution in [0.4, 0.5) is 15.8 Å². The van der Waals surface area contributed by atoms with E-state index >= 15 is 0 Å². The van der Waals surface area contributed by atoms with Crippen LogP contribution in [-0.2, 0) is 16.4 Å². The van der Waals surface area contributed by atoms with Crippen molar-refractivity contribution < 1.29 is 17.7 Å². The molecule has 0 spiro atoms. The van der Waals surface area contributed by atoms with Gasteiger partial charge in [-0.05, 0) is 29.8 Å². The van der Waals surface area contributed by atoms with E-state index in [1.807, 2.05) is 11.9 Å². The van der Waals surface area contributed by atoms with E-state index in [0.29, 0.717) is 25.6 Å². The quantitative estimate of drug-likeness (QED) is 0.126. The molecule has 0 saturated heterocycles. The van der Waals surface area contributed by atoms with Crippen molar-refractivity contribution in [3.63, 3.8) is 0 Å². The zero-order valence-corrected chi connectivity index (χ0v) is 20.5. The molecule has 0 radical (unpaired) electrons. The zero-order valence-electron chi connectivity index (χ0n) is 17.3. The molecule has 0 atom stereocenters. The second-order valence-electron chi connectivity index (χ2n) is 6.59. The van der Waals surface area contributed by atoms with E-state index < -0.39 is 14.8 Å². The molecule has 12 heteroatoms. The van der Waals surface area contributed by atoms with Crippen LogP contribution in [-0.4, -0.2) is 57.6 Å². The van der Waals surface area contributed by atoms with Gasteiger partial charge in [-0.15, -0.1) is 24.0 Å². The number of hydrogen-bond acceptors (Lipinski definition) is 6. The van der Waals surface area contributed by atoms with Crippen LogP contribution < -0.4 is 10.6 Å². The largest absolute Gasteiger partial charge is 0.378 e. The molecule has 2 aromatic rings. The van der Waals surface area contributed by atoms with Gasteiger partial charge in [0.2, 0.25) is 0 Å². The van der Waals surface area contributed by atoms with Crippen molar-refractivity contribution in [2.75, 3.05) is 38.8 Å². The third-order valence-corrected chi connectivity index (χ3v) is 5.33. The number of guanidine groups is 1. The van der Waals surface area contributed by atoms with Gasteiger partial charge in [0.15, 0.2) is 15.8 Å². The van der Waals surface area contributed by atoms with Crippen LogP contribution in [0.25, 0.3) is 0 Å². The Kier molecular flexibility index (Phi) is 10.1. The molecule has 2 aromatic carbocycles. The highest BCUT2D eigenvalue weighted by molar-refractivity contribution is 14.0. The molecule has 170 valence electrons. The molecule has 2 rings (SSSR count). The Labute approximate surface area is 197 Å². The summed E-state index contributed by atoms with van der Waals surface area (Å²) in [4.78, 5) is 16.6. The topological polar surface area (TPSA) is 117 Å². The number of anilines is 1. The van der Waals surface area contributed by atoms with Crippen molar-refractivity contribution in [3.8, 4) is 0 Å². The maximum atomic E-state index is 13.0. The lowest BCUT2D eigenvalue weighted by Gasteiger charge is -2.22. The molecular weight excluding hydrogens is 540 g/mol. The average molecular weight is 565 g/mol. The third-order valence-electron chi connectivity index (χ3n) is 4.22. The van der Waals surface area contributed by atoms with E-state index in [0.717, 1.165) is 17.9 Å². The molecule has 0 fully saturated rings. The Hall–Kier alpha value is -2.48. The SMILES string of the molecule is CN=C(NCCNc1ccc(S(C)(=O)=O)cc1[N+](=O)[O-])N(C)Cc1ccc(F)cc1.I. The van der Waals surface area contributed by atoms with E-state index in [9.17, 15) is 22.9 Å². The maximum Gasteiger partial charge on any atom is 0.293 e. The first kappa shape index (κ1) is 26.6. The Morgan fingerprint density at radius 1 is 1.19 bits per heavy atom. The molecule has 9 nitrogen and oxygen atoms in total. The fourth-order valence-electron chi connectivity index (χ4n) is 2.74. The summed E-state index contributed by atoms with van der Waals surface area (Å²) in [6.45, 7) is 1.26. The number of aliphatic imine (C=N–C) groups is 1. The van der Waals surface area contributed by atoms with Crippen LogP contribution in [0, 0.1) is 15.9 Å². The number of nitrogens with zero attached hydrogens (tertiary/aromatic N) is 3. The Morgan fingerprint density at radius 3 is 2.39 bits per heavy atom. The molecule has 0 aliphatic rings. The standard InChI is InChI=1S/C19H24FN5O4S.HI/c1-21-19(24(2)13-14-4-6-15(20)7-5-14)23-11-10-22-17-9-8-16(30(3,28)29)12-18(17)25(26)27;/h4-9,12,22H,10-11,13H2,1-3H3,(H,21,23);1H. The molecule has 31 heavy (non-hydrogen) atoms. The molecule has 0 aromatic heterocycles. The van der Waals surface area contributed by atoms with Crippen molar-refractivity contribution >= 4 is 51.1 Å². The normalized spacial score (nSPS) is 11.4. The number of hydrogen-bond donors (Lipinski definition) is 2. The molecule has 0 bridgehead atoms. The van der Waals surface area contributed by atoms with Crippen LogP contribution in [0.3, 0.4) is 0 Å². The molecule has 0 saturated carbocycles. The number of benzene rings is 2. The van der Waals surface area contributed by atoms with Gasteiger partial charge in [0.1, 0.15) is 11.5 Å². The summed E-state index contributed by atoms with van der Waals surface area (Å²) < 4.78 is 36.2. The molecular formula is C19H25FIN5O4S. The molecule has 0 unspecified atom stereocenters. The molecule has 0 aliphatic carbocycles. The van der Waals surface area contributed by atoms with Gasteiger partial charge in [-0.3, -0.25) is 15.1 Å². The number of halogens is 2. The lowest BCUT2D eigenvalue weighted by atomic mass is 10.2. The van der Waals surface area contributed by atoms with E-state index in [2.05, 4.69) is 15.6 Å². The van der Waals surface area contributed by atoms with Gasteiger partial charge < -0.3 is 15.5 Å². The van der Waals surface area contributed by atoms with Crippen molar-refractivity contribution in [3.05, 3.63) is 64.0 Å². The molecule has 2 N–H and O–H groups in total. The fourth-order valence-corrected chi connectivity index (χ4v) is 3.38. The highest BCUT2D eigenvalue weighted by Gasteiger charge is 2.18. The number of rotatable bonds is 8. The Bertz CT molecular complexity index is 1030. The second kappa shape index (κ2) is 11.8. The average Bonchev–Trinajstić information content (AvgIpc) is 2.68. The first-order valence-corrected chi connectivity index (χ1v) is 10.9. The predicted molar refractivity (Wildman–Crippen MR) is 129 cm³/mol. The summed E-state index contributed by atoms with van der Waals surface area (Å²) in [6.07, 6.45) is 0.997. The fraction of sp³-hybridized carbons (Fsp3) is 0.316. The van der Waals surface area contributed by atoms with Crippen LogP contribution in [0.1, 0.15) is 5.56 Å².